The molecule has 0 saturated heterocycles. The van der Waals surface area contributed by atoms with E-state index in [-0.39, 0.29) is 0 Å². The van der Waals surface area contributed by atoms with Gasteiger partial charge in [-0.05, 0) is 37.3 Å². The van der Waals surface area contributed by atoms with Gasteiger partial charge in [-0.2, -0.15) is 0 Å². The summed E-state index contributed by atoms with van der Waals surface area (Å²) in [6.45, 7) is 7.56. The minimum atomic E-state index is -0.960. The Bertz CT molecular complexity index is 374. The third-order valence-electron chi connectivity index (χ3n) is 1.95. The third-order valence-corrected chi connectivity index (χ3v) is 1.95. The molecule has 1 heterocycles. The van der Waals surface area contributed by atoms with Crippen molar-refractivity contribution in [2.75, 3.05) is 0 Å². The van der Waals surface area contributed by atoms with Crippen molar-refractivity contribution in [2.24, 2.45) is 0 Å². The predicted molar refractivity (Wildman–Crippen MR) is 61.5 cm³/mol. The lowest BCUT2D eigenvalue weighted by molar-refractivity contribution is 0.143. The number of hydrogen-bond acceptors (Lipinski definition) is 2. The molecule has 2 heteroatoms. The maximum absolute atomic E-state index is 9.42. The first-order valence-corrected chi connectivity index (χ1v) is 5.10. The predicted octanol–water partition coefficient (Wildman–Crippen LogP) is 2.33. The molecule has 1 aromatic rings. The largest absolute Gasteiger partial charge is 0.378 e. The van der Waals surface area contributed by atoms with Gasteiger partial charge in [0.05, 0.1) is 0 Å². The summed E-state index contributed by atoms with van der Waals surface area (Å²) in [7, 11) is 0. The molecule has 1 rings (SSSR count). The van der Waals surface area contributed by atoms with E-state index in [9.17, 15) is 5.11 Å². The molecule has 0 fully saturated rings. The highest BCUT2D eigenvalue weighted by Gasteiger charge is 2.06. The van der Waals surface area contributed by atoms with E-state index in [0.29, 0.717) is 11.6 Å². The van der Waals surface area contributed by atoms with Crippen molar-refractivity contribution >= 4 is 0 Å². The van der Waals surface area contributed by atoms with Crippen LogP contribution in [0.2, 0.25) is 0 Å². The average Bonchev–Trinajstić information content (AvgIpc) is 2.14. The first kappa shape index (κ1) is 11.7. The molecule has 2 nitrogen and oxygen atoms in total. The summed E-state index contributed by atoms with van der Waals surface area (Å²) in [5, 5.41) is 9.42. The molecule has 1 N–H and O–H groups in total. The quantitative estimate of drug-likeness (QED) is 0.711. The van der Waals surface area contributed by atoms with Crippen LogP contribution in [0.25, 0.3) is 0 Å². The first-order valence-electron chi connectivity index (χ1n) is 5.10. The summed E-state index contributed by atoms with van der Waals surface area (Å²) >= 11 is 0. The molecule has 0 radical (unpaired) electrons. The van der Waals surface area contributed by atoms with Crippen LogP contribution in [0.15, 0.2) is 18.3 Å². The molecule has 0 aromatic carbocycles. The van der Waals surface area contributed by atoms with Crippen LogP contribution in [-0.2, 0) is 0 Å². The van der Waals surface area contributed by atoms with E-state index in [4.69, 9.17) is 0 Å². The number of aliphatic hydroxyl groups is 1. The molecule has 0 spiro atoms. The highest BCUT2D eigenvalue weighted by molar-refractivity contribution is 5.31. The Labute approximate surface area is 91.4 Å². The van der Waals surface area contributed by atoms with Crippen LogP contribution in [-0.4, -0.2) is 15.7 Å². The molecule has 0 unspecified atom stereocenters. The molecular weight excluding hydrogens is 186 g/mol. The SMILES string of the molecule is CC(C)c1ccc(C#CC(C)(C)O)nc1. The second-order valence-electron chi connectivity index (χ2n) is 4.44. The molecule has 0 aliphatic heterocycles. The fraction of sp³-hybridized carbons (Fsp3) is 0.462. The van der Waals surface area contributed by atoms with E-state index < -0.39 is 5.60 Å². The Hall–Kier alpha value is -1.33. The van der Waals surface area contributed by atoms with Crippen molar-refractivity contribution < 1.29 is 5.11 Å². The zero-order valence-corrected chi connectivity index (χ0v) is 9.70. The summed E-state index contributed by atoms with van der Waals surface area (Å²) < 4.78 is 0. The third kappa shape index (κ3) is 4.14. The van der Waals surface area contributed by atoms with Gasteiger partial charge in [0.1, 0.15) is 11.3 Å². The van der Waals surface area contributed by atoms with Crippen LogP contribution >= 0.6 is 0 Å². The maximum Gasteiger partial charge on any atom is 0.120 e. The van der Waals surface area contributed by atoms with Crippen molar-refractivity contribution in [1.82, 2.24) is 4.98 Å². The zero-order chi connectivity index (χ0) is 11.5. The zero-order valence-electron chi connectivity index (χ0n) is 9.70. The Morgan fingerprint density at radius 1 is 1.33 bits per heavy atom. The second kappa shape index (κ2) is 4.46. The molecule has 0 aliphatic carbocycles. The van der Waals surface area contributed by atoms with Crippen LogP contribution in [0.4, 0.5) is 0 Å². The number of hydrogen-bond donors (Lipinski definition) is 1. The molecule has 15 heavy (non-hydrogen) atoms. The molecule has 1 aromatic heterocycles. The van der Waals surface area contributed by atoms with Crippen molar-refractivity contribution in [2.45, 2.75) is 39.2 Å². The van der Waals surface area contributed by atoms with E-state index in [1.165, 1.54) is 5.56 Å². The molecule has 0 atom stereocenters. The van der Waals surface area contributed by atoms with Crippen LogP contribution < -0.4 is 0 Å². The second-order valence-corrected chi connectivity index (χ2v) is 4.44. The molecule has 0 amide bonds. The van der Waals surface area contributed by atoms with Gasteiger partial charge in [-0.3, -0.25) is 0 Å². The van der Waals surface area contributed by atoms with Gasteiger partial charge >= 0.3 is 0 Å². The van der Waals surface area contributed by atoms with Crippen molar-refractivity contribution in [3.8, 4) is 11.8 Å². The molecular formula is C13H17NO. The molecule has 80 valence electrons. The lowest BCUT2D eigenvalue weighted by Gasteiger charge is -2.06. The van der Waals surface area contributed by atoms with Crippen LogP contribution in [0.3, 0.4) is 0 Å². The number of nitrogens with zero attached hydrogens (tertiary/aromatic N) is 1. The van der Waals surface area contributed by atoms with Gasteiger partial charge in [-0.15, -0.1) is 0 Å². The van der Waals surface area contributed by atoms with E-state index in [0.717, 1.165) is 0 Å². The minimum Gasteiger partial charge on any atom is -0.378 e. The van der Waals surface area contributed by atoms with Gasteiger partial charge in [0, 0.05) is 6.20 Å². The maximum atomic E-state index is 9.42. The lowest BCUT2D eigenvalue weighted by atomic mass is 10.1. The number of pyridine rings is 1. The number of rotatable bonds is 1. The van der Waals surface area contributed by atoms with Crippen LogP contribution in [0.1, 0.15) is 44.9 Å². The van der Waals surface area contributed by atoms with Gasteiger partial charge in [0.2, 0.25) is 0 Å². The lowest BCUT2D eigenvalue weighted by Crippen LogP contribution is -2.14. The standard InChI is InChI=1S/C13H17NO/c1-10(2)11-5-6-12(14-9-11)7-8-13(3,4)15/h5-6,9-10,15H,1-4H3. The van der Waals surface area contributed by atoms with E-state index in [1.54, 1.807) is 13.8 Å². The first-order chi connectivity index (χ1) is 6.88. The van der Waals surface area contributed by atoms with Crippen molar-refractivity contribution in [1.29, 1.82) is 0 Å². The molecule has 0 saturated carbocycles. The molecule has 0 aliphatic rings. The highest BCUT2D eigenvalue weighted by Crippen LogP contribution is 2.12. The molecule has 0 bridgehead atoms. The van der Waals surface area contributed by atoms with Crippen molar-refractivity contribution in [3.05, 3.63) is 29.6 Å². The summed E-state index contributed by atoms with van der Waals surface area (Å²) in [6.07, 6.45) is 1.83. The van der Waals surface area contributed by atoms with E-state index in [1.807, 2.05) is 18.3 Å². The normalized spacial score (nSPS) is 11.1. The Kier molecular flexibility index (Phi) is 3.49. The Balaban J connectivity index is 2.85. The monoisotopic (exact) mass is 203 g/mol. The topological polar surface area (TPSA) is 33.1 Å². The van der Waals surface area contributed by atoms with Gasteiger partial charge in [-0.1, -0.05) is 25.8 Å². The van der Waals surface area contributed by atoms with E-state index in [2.05, 4.69) is 30.7 Å². The minimum absolute atomic E-state index is 0.480. The Morgan fingerprint density at radius 2 is 2.00 bits per heavy atom. The number of aromatic nitrogens is 1. The van der Waals surface area contributed by atoms with Gasteiger partial charge < -0.3 is 5.11 Å². The summed E-state index contributed by atoms with van der Waals surface area (Å²) in [5.74, 6) is 6.05. The van der Waals surface area contributed by atoms with Crippen LogP contribution in [0.5, 0.6) is 0 Å². The summed E-state index contributed by atoms with van der Waals surface area (Å²) in [4.78, 5) is 4.22. The average molecular weight is 203 g/mol. The smallest absolute Gasteiger partial charge is 0.120 e. The summed E-state index contributed by atoms with van der Waals surface area (Å²) in [5.41, 5.74) is 0.934. The van der Waals surface area contributed by atoms with Gasteiger partial charge in [0.25, 0.3) is 0 Å². The van der Waals surface area contributed by atoms with Gasteiger partial charge in [0.15, 0.2) is 0 Å². The van der Waals surface area contributed by atoms with E-state index >= 15 is 0 Å². The van der Waals surface area contributed by atoms with Crippen LogP contribution in [0, 0.1) is 11.8 Å². The summed E-state index contributed by atoms with van der Waals surface area (Å²) in [6, 6.07) is 3.90. The van der Waals surface area contributed by atoms with Crippen molar-refractivity contribution in [3.63, 3.8) is 0 Å². The fourth-order valence-electron chi connectivity index (χ4n) is 1.04. The Morgan fingerprint density at radius 3 is 2.40 bits per heavy atom. The highest BCUT2D eigenvalue weighted by atomic mass is 16.3. The van der Waals surface area contributed by atoms with Gasteiger partial charge in [-0.25, -0.2) is 4.98 Å². The fourth-order valence-corrected chi connectivity index (χ4v) is 1.04.